The first-order chi connectivity index (χ1) is 15.1. The van der Waals surface area contributed by atoms with E-state index in [-0.39, 0.29) is 40.3 Å². The number of halogens is 6. The molecule has 0 saturated heterocycles. The Balaban J connectivity index is 2.31. The Morgan fingerprint density at radius 1 is 0.788 bits per heavy atom. The van der Waals surface area contributed by atoms with Crippen LogP contribution in [0.3, 0.4) is 0 Å². The van der Waals surface area contributed by atoms with E-state index in [4.69, 9.17) is 0 Å². The number of phenols is 2. The highest BCUT2D eigenvalue weighted by Gasteiger charge is 2.32. The standard InChI is InChI=1S/C23H24F6N2O2/c1-5-21(4,31-11-16-9-18(23(27,28)29)7-14(3)20(16)33)12-30-10-15-8-17(22(24,25)26)6-13(2)19(15)32/h6-11,32-33H,5,12H2,1-4H3/b30-10+,31-11+. The lowest BCUT2D eigenvalue weighted by atomic mass is 9.99. The third-order valence-corrected chi connectivity index (χ3v) is 5.25. The number of aromatic hydroxyl groups is 2. The van der Waals surface area contributed by atoms with Gasteiger partial charge in [-0.25, -0.2) is 0 Å². The number of benzene rings is 2. The normalized spacial score (nSPS) is 14.8. The molecule has 0 fully saturated rings. The average molecular weight is 474 g/mol. The van der Waals surface area contributed by atoms with Crippen LogP contribution in [-0.4, -0.2) is 34.7 Å². The van der Waals surface area contributed by atoms with Gasteiger partial charge in [0.2, 0.25) is 0 Å². The van der Waals surface area contributed by atoms with Crippen LogP contribution >= 0.6 is 0 Å². The topological polar surface area (TPSA) is 65.2 Å². The molecule has 0 spiro atoms. The fraction of sp³-hybridized carbons (Fsp3) is 0.391. The molecule has 0 radical (unpaired) electrons. The van der Waals surface area contributed by atoms with Gasteiger partial charge in [0.1, 0.15) is 11.5 Å². The highest BCUT2D eigenvalue weighted by Crippen LogP contribution is 2.35. The summed E-state index contributed by atoms with van der Waals surface area (Å²) in [6, 6.07) is 3.23. The Kier molecular flexibility index (Phi) is 7.50. The van der Waals surface area contributed by atoms with Crippen LogP contribution in [0, 0.1) is 13.8 Å². The maximum Gasteiger partial charge on any atom is 0.416 e. The van der Waals surface area contributed by atoms with Gasteiger partial charge in [0.05, 0.1) is 23.2 Å². The summed E-state index contributed by atoms with van der Waals surface area (Å²) in [6.45, 7) is 6.08. The molecule has 2 aromatic rings. The second-order valence-corrected chi connectivity index (χ2v) is 8.04. The number of hydrogen-bond acceptors (Lipinski definition) is 4. The number of aliphatic imine (C=N–C) groups is 2. The molecule has 0 aromatic heterocycles. The maximum atomic E-state index is 13.1. The molecule has 2 N–H and O–H groups in total. The third kappa shape index (κ3) is 6.49. The minimum absolute atomic E-state index is 0.0204. The summed E-state index contributed by atoms with van der Waals surface area (Å²) in [6.07, 6.45) is -6.55. The van der Waals surface area contributed by atoms with Crippen molar-refractivity contribution in [3.05, 3.63) is 57.6 Å². The van der Waals surface area contributed by atoms with Gasteiger partial charge in [-0.3, -0.25) is 9.98 Å². The second-order valence-electron chi connectivity index (χ2n) is 8.04. The molecule has 180 valence electrons. The summed E-state index contributed by atoms with van der Waals surface area (Å²) in [4.78, 5) is 8.40. The molecule has 10 heteroatoms. The first-order valence-corrected chi connectivity index (χ1v) is 9.94. The van der Waals surface area contributed by atoms with Crippen molar-refractivity contribution in [3.8, 4) is 11.5 Å². The van der Waals surface area contributed by atoms with E-state index in [9.17, 15) is 36.6 Å². The number of hydrogen-bond donors (Lipinski definition) is 2. The van der Waals surface area contributed by atoms with Crippen molar-refractivity contribution < 1.29 is 36.6 Å². The molecule has 0 heterocycles. The molecule has 0 amide bonds. The van der Waals surface area contributed by atoms with Crippen molar-refractivity contribution >= 4 is 12.4 Å². The van der Waals surface area contributed by atoms with Gasteiger partial charge >= 0.3 is 12.4 Å². The van der Waals surface area contributed by atoms with Gasteiger partial charge in [-0.15, -0.1) is 0 Å². The van der Waals surface area contributed by atoms with Crippen LogP contribution in [0.5, 0.6) is 11.5 Å². The van der Waals surface area contributed by atoms with Crippen LogP contribution in [0.1, 0.15) is 53.6 Å². The van der Waals surface area contributed by atoms with Crippen LogP contribution in [0.25, 0.3) is 0 Å². The summed E-state index contributed by atoms with van der Waals surface area (Å²) in [7, 11) is 0. The fourth-order valence-corrected chi connectivity index (χ4v) is 2.95. The molecule has 2 aromatic carbocycles. The van der Waals surface area contributed by atoms with Crippen LogP contribution < -0.4 is 0 Å². The van der Waals surface area contributed by atoms with Crippen molar-refractivity contribution in [2.24, 2.45) is 9.98 Å². The number of phenolic OH excluding ortho intramolecular Hbond substituents is 2. The predicted octanol–water partition coefficient (Wildman–Crippen LogP) is 6.46. The van der Waals surface area contributed by atoms with E-state index in [0.717, 1.165) is 36.7 Å². The Morgan fingerprint density at radius 2 is 1.21 bits per heavy atom. The Hall–Kier alpha value is -3.04. The number of aryl methyl sites for hydroxylation is 2. The van der Waals surface area contributed by atoms with Crippen molar-refractivity contribution in [1.82, 2.24) is 0 Å². The molecular weight excluding hydrogens is 450 g/mol. The van der Waals surface area contributed by atoms with Crippen molar-refractivity contribution in [2.45, 2.75) is 52.0 Å². The quantitative estimate of drug-likeness (QED) is 0.373. The molecule has 2 rings (SSSR count). The summed E-state index contributed by atoms with van der Waals surface area (Å²) in [5, 5.41) is 20.2. The number of rotatable bonds is 6. The van der Waals surface area contributed by atoms with Gasteiger partial charge in [0.25, 0.3) is 0 Å². The summed E-state index contributed by atoms with van der Waals surface area (Å²) in [5.74, 6) is -0.670. The highest BCUT2D eigenvalue weighted by molar-refractivity contribution is 5.85. The van der Waals surface area contributed by atoms with E-state index in [2.05, 4.69) is 9.98 Å². The molecule has 0 aliphatic heterocycles. The molecule has 0 aliphatic carbocycles. The maximum absolute atomic E-state index is 13.1. The Labute approximate surface area is 187 Å². The van der Waals surface area contributed by atoms with E-state index < -0.39 is 29.0 Å². The van der Waals surface area contributed by atoms with E-state index in [1.54, 1.807) is 13.8 Å². The van der Waals surface area contributed by atoms with Gasteiger partial charge in [-0.1, -0.05) is 6.92 Å². The Morgan fingerprint density at radius 3 is 1.61 bits per heavy atom. The lowest BCUT2D eigenvalue weighted by molar-refractivity contribution is -0.138. The van der Waals surface area contributed by atoms with Crippen molar-refractivity contribution in [1.29, 1.82) is 0 Å². The summed E-state index contributed by atoms with van der Waals surface area (Å²) >= 11 is 0. The minimum Gasteiger partial charge on any atom is -0.507 e. The molecule has 1 unspecified atom stereocenters. The lowest BCUT2D eigenvalue weighted by Gasteiger charge is -2.21. The minimum atomic E-state index is -4.59. The van der Waals surface area contributed by atoms with E-state index in [0.29, 0.717) is 6.42 Å². The zero-order valence-electron chi connectivity index (χ0n) is 18.4. The largest absolute Gasteiger partial charge is 0.507 e. The molecule has 4 nitrogen and oxygen atoms in total. The molecule has 1 atom stereocenters. The summed E-state index contributed by atoms with van der Waals surface area (Å²) in [5.41, 5.74) is -2.92. The third-order valence-electron chi connectivity index (χ3n) is 5.25. The summed E-state index contributed by atoms with van der Waals surface area (Å²) < 4.78 is 78.3. The second kappa shape index (κ2) is 9.44. The van der Waals surface area contributed by atoms with Gasteiger partial charge in [-0.05, 0) is 62.6 Å². The van der Waals surface area contributed by atoms with Gasteiger partial charge in [0.15, 0.2) is 0 Å². The zero-order chi connectivity index (χ0) is 25.2. The fourth-order valence-electron chi connectivity index (χ4n) is 2.95. The first kappa shape index (κ1) is 26.2. The number of nitrogens with zero attached hydrogens (tertiary/aromatic N) is 2. The first-order valence-electron chi connectivity index (χ1n) is 9.94. The van der Waals surface area contributed by atoms with Crippen LogP contribution in [0.4, 0.5) is 26.3 Å². The van der Waals surface area contributed by atoms with E-state index in [1.165, 1.54) is 13.8 Å². The molecule has 0 bridgehead atoms. The molecule has 33 heavy (non-hydrogen) atoms. The van der Waals surface area contributed by atoms with E-state index >= 15 is 0 Å². The Bertz CT molecular complexity index is 1070. The lowest BCUT2D eigenvalue weighted by Crippen LogP contribution is -2.25. The average Bonchev–Trinajstić information content (AvgIpc) is 2.70. The van der Waals surface area contributed by atoms with Gasteiger partial charge < -0.3 is 10.2 Å². The van der Waals surface area contributed by atoms with Crippen molar-refractivity contribution in [3.63, 3.8) is 0 Å². The van der Waals surface area contributed by atoms with Gasteiger partial charge in [0, 0.05) is 23.6 Å². The predicted molar refractivity (Wildman–Crippen MR) is 114 cm³/mol. The molecule has 0 aliphatic rings. The van der Waals surface area contributed by atoms with Gasteiger partial charge in [-0.2, -0.15) is 26.3 Å². The van der Waals surface area contributed by atoms with Crippen LogP contribution in [-0.2, 0) is 12.4 Å². The van der Waals surface area contributed by atoms with Crippen molar-refractivity contribution in [2.75, 3.05) is 6.54 Å². The highest BCUT2D eigenvalue weighted by atomic mass is 19.4. The molecular formula is C23H24F6N2O2. The monoisotopic (exact) mass is 474 g/mol. The smallest absolute Gasteiger partial charge is 0.416 e. The van der Waals surface area contributed by atoms with Crippen LogP contribution in [0.15, 0.2) is 34.3 Å². The number of alkyl halides is 6. The van der Waals surface area contributed by atoms with Crippen LogP contribution in [0.2, 0.25) is 0 Å². The molecule has 0 saturated carbocycles. The SMILES string of the molecule is CCC(C)(C/N=C/c1cc(C(F)(F)F)cc(C)c1O)/N=C/c1cc(C(F)(F)F)cc(C)c1O. The van der Waals surface area contributed by atoms with E-state index in [1.807, 2.05) is 0 Å². The zero-order valence-corrected chi connectivity index (χ0v) is 18.4.